The summed E-state index contributed by atoms with van der Waals surface area (Å²) in [6, 6.07) is 6.24. The second-order valence-corrected chi connectivity index (χ2v) is 16.6. The topological polar surface area (TPSA) is 52.4 Å². The molecule has 0 aliphatic rings. The van der Waals surface area contributed by atoms with Gasteiger partial charge < -0.3 is 0 Å². The third-order valence-corrected chi connectivity index (χ3v) is 3.89. The van der Waals surface area contributed by atoms with Crippen LogP contribution in [0.4, 0.5) is 5.69 Å². The molecule has 0 bridgehead atoms. The van der Waals surface area contributed by atoms with Crippen molar-refractivity contribution in [2.75, 3.05) is 0 Å². The molecule has 0 heterocycles. The number of hydrogen-bond acceptors (Lipinski definition) is 3. The Morgan fingerprint density at radius 1 is 1.21 bits per heavy atom. The van der Waals surface area contributed by atoms with Gasteiger partial charge in [-0.15, -0.1) is 0 Å². The molecule has 76 valence electrons. The molecule has 0 aliphatic carbocycles. The van der Waals surface area contributed by atoms with Gasteiger partial charge in [0.05, 0.1) is 0 Å². The van der Waals surface area contributed by atoms with E-state index in [1.807, 2.05) is 0 Å². The van der Waals surface area contributed by atoms with Crippen LogP contribution in [0.3, 0.4) is 0 Å². The van der Waals surface area contributed by atoms with Crippen molar-refractivity contribution in [1.82, 2.24) is 0 Å². The Bertz CT molecular complexity index is 329. The summed E-state index contributed by atoms with van der Waals surface area (Å²) in [5.74, 6) is 0.735. The third kappa shape index (κ3) is 3.53. The zero-order valence-electron chi connectivity index (χ0n) is 8.48. The van der Waals surface area contributed by atoms with Gasteiger partial charge in [0.1, 0.15) is 0 Å². The summed E-state index contributed by atoms with van der Waals surface area (Å²) in [7, 11) is 0. The van der Waals surface area contributed by atoms with Gasteiger partial charge in [0.15, 0.2) is 0 Å². The van der Waals surface area contributed by atoms with E-state index in [-0.39, 0.29) is 5.69 Å². The van der Waals surface area contributed by atoms with Gasteiger partial charge in [-0.25, -0.2) is 0 Å². The number of nitro groups is 1. The second-order valence-electron chi connectivity index (χ2n) is 3.97. The molecule has 1 rings (SSSR count). The van der Waals surface area contributed by atoms with E-state index in [1.165, 1.54) is 12.1 Å². The van der Waals surface area contributed by atoms with Crippen molar-refractivity contribution in [1.29, 1.82) is 0 Å². The molecule has 0 fully saturated rings. The molecule has 0 unspecified atom stereocenters. The summed E-state index contributed by atoms with van der Waals surface area (Å²) in [5, 5.41) is 10.4. The van der Waals surface area contributed by atoms with E-state index in [2.05, 4.69) is 14.8 Å². The molecule has 0 saturated heterocycles. The van der Waals surface area contributed by atoms with Crippen molar-refractivity contribution < 1.29 is 8.00 Å². The predicted molar refractivity (Wildman–Crippen MR) is 57.1 cm³/mol. The van der Waals surface area contributed by atoms with E-state index in [0.29, 0.717) is 0 Å². The Labute approximate surface area is 87.5 Å². The number of hydrogen-bond donors (Lipinski definition) is 0. The van der Waals surface area contributed by atoms with E-state index >= 15 is 0 Å². The Morgan fingerprint density at radius 3 is 2.07 bits per heavy atom. The summed E-state index contributed by atoms with van der Waals surface area (Å²) in [6.45, 7) is 0. The Morgan fingerprint density at radius 2 is 1.71 bits per heavy atom. The van der Waals surface area contributed by atoms with Crippen LogP contribution in [0.1, 0.15) is 0 Å². The Balaban J connectivity index is 2.79. The molecule has 4 nitrogen and oxygen atoms in total. The van der Waals surface area contributed by atoms with Gasteiger partial charge in [0.2, 0.25) is 0 Å². The van der Waals surface area contributed by atoms with Crippen LogP contribution in [0.25, 0.3) is 0 Å². The van der Waals surface area contributed by atoms with Gasteiger partial charge in [-0.2, -0.15) is 0 Å². The average Bonchev–Trinajstić information content (AvgIpc) is 2.02. The summed E-state index contributed by atoms with van der Waals surface area (Å²) < 4.78 is 5.72. The van der Waals surface area contributed by atoms with Gasteiger partial charge in [-0.1, -0.05) is 0 Å². The third-order valence-electron chi connectivity index (χ3n) is 1.47. The van der Waals surface area contributed by atoms with Gasteiger partial charge in [0, 0.05) is 0 Å². The average molecular weight is 302 g/mol. The zero-order chi connectivity index (χ0) is 10.8. The monoisotopic (exact) mass is 303 g/mol. The van der Waals surface area contributed by atoms with E-state index < -0.39 is 23.7 Å². The molecule has 0 N–H and O–H groups in total. The first-order valence-electron chi connectivity index (χ1n) is 4.32. The molecule has 0 atom stereocenters. The summed E-state index contributed by atoms with van der Waals surface area (Å²) in [4.78, 5) is 16.4. The van der Waals surface area contributed by atoms with Crippen molar-refractivity contribution in [3.8, 4) is 5.75 Å². The van der Waals surface area contributed by atoms with Gasteiger partial charge in [-0.05, 0) is 0 Å². The Hall–Kier alpha value is -0.781. The van der Waals surface area contributed by atoms with Crippen LogP contribution >= 0.6 is 0 Å². The number of nitrogens with zero attached hydrogens (tertiary/aromatic N) is 1. The molecule has 0 aromatic heterocycles. The molecule has 0 saturated carbocycles. The van der Waals surface area contributed by atoms with Crippen molar-refractivity contribution in [2.45, 2.75) is 14.8 Å². The SMILES string of the molecule is [CH3][Sn]([CH3])([CH3])[O]c1ccc([N+](=O)[O-])cc1. The molecule has 0 spiro atoms. The maximum atomic E-state index is 10.4. The summed E-state index contributed by atoms with van der Waals surface area (Å²) >= 11 is -2.29. The second kappa shape index (κ2) is 4.16. The molecule has 1 aromatic rings. The van der Waals surface area contributed by atoms with Crippen LogP contribution in [0.15, 0.2) is 24.3 Å². The predicted octanol–water partition coefficient (Wildman–Crippen LogP) is 2.81. The zero-order valence-corrected chi connectivity index (χ0v) is 11.3. The van der Waals surface area contributed by atoms with E-state index in [1.54, 1.807) is 12.1 Å². The van der Waals surface area contributed by atoms with E-state index in [4.69, 9.17) is 3.07 Å². The maximum absolute atomic E-state index is 10.4. The van der Waals surface area contributed by atoms with Gasteiger partial charge >= 0.3 is 87.4 Å². The van der Waals surface area contributed by atoms with Crippen LogP contribution in [0, 0.1) is 10.1 Å². The number of rotatable bonds is 3. The van der Waals surface area contributed by atoms with Crippen LogP contribution in [0.2, 0.25) is 14.8 Å². The Kier molecular flexibility index (Phi) is 3.36. The number of non-ortho nitro benzene ring substituents is 1. The molecular weight excluding hydrogens is 289 g/mol. The minimum absolute atomic E-state index is 0.0986. The first-order chi connectivity index (χ1) is 6.38. The van der Waals surface area contributed by atoms with Gasteiger partial charge in [0.25, 0.3) is 0 Å². The standard InChI is InChI=1S/C6H5NO3.3CH3.Sn/c8-6-3-1-5(2-4-6)7(9)10;;;;/h1-4,8H;3*1H3;/q;;;;+1/p-1. The van der Waals surface area contributed by atoms with E-state index in [9.17, 15) is 10.1 Å². The summed E-state index contributed by atoms with van der Waals surface area (Å²) in [6.07, 6.45) is 0. The molecular formula is C9H13NO3Sn. The van der Waals surface area contributed by atoms with Crippen molar-refractivity contribution in [2.24, 2.45) is 0 Å². The van der Waals surface area contributed by atoms with Crippen LogP contribution < -0.4 is 3.07 Å². The summed E-state index contributed by atoms with van der Waals surface area (Å²) in [5.41, 5.74) is 0.0986. The fourth-order valence-electron chi connectivity index (χ4n) is 0.989. The molecule has 0 aliphatic heterocycles. The van der Waals surface area contributed by atoms with Gasteiger partial charge in [-0.3, -0.25) is 0 Å². The minimum atomic E-state index is -2.29. The van der Waals surface area contributed by atoms with Crippen LogP contribution in [-0.2, 0) is 0 Å². The first kappa shape index (κ1) is 11.3. The van der Waals surface area contributed by atoms with Crippen LogP contribution in [0.5, 0.6) is 5.75 Å². The van der Waals surface area contributed by atoms with Crippen molar-refractivity contribution >= 4 is 24.5 Å². The molecule has 0 amide bonds. The molecule has 5 heteroatoms. The molecule has 14 heavy (non-hydrogen) atoms. The number of nitro benzene ring substituents is 1. The van der Waals surface area contributed by atoms with Crippen molar-refractivity contribution in [3.63, 3.8) is 0 Å². The van der Waals surface area contributed by atoms with Crippen molar-refractivity contribution in [3.05, 3.63) is 34.4 Å². The first-order valence-corrected chi connectivity index (χ1v) is 14.0. The number of benzene rings is 1. The quantitative estimate of drug-likeness (QED) is 0.490. The fourth-order valence-corrected chi connectivity index (χ4v) is 3.40. The fraction of sp³-hybridized carbons (Fsp3) is 0.333. The van der Waals surface area contributed by atoms with E-state index in [0.717, 1.165) is 5.75 Å². The molecule has 1 aromatic carbocycles. The van der Waals surface area contributed by atoms with Crippen LogP contribution in [-0.4, -0.2) is 23.7 Å². The molecule has 0 radical (unpaired) electrons. The normalized spacial score (nSPS) is 11.1.